The first-order valence-corrected chi connectivity index (χ1v) is 13.4. The summed E-state index contributed by atoms with van der Waals surface area (Å²) >= 11 is 0. The van der Waals surface area contributed by atoms with Crippen LogP contribution in [0.25, 0.3) is 22.2 Å². The number of amides is 2. The summed E-state index contributed by atoms with van der Waals surface area (Å²) in [6.45, 7) is 5.45. The Morgan fingerprint density at radius 2 is 1.87 bits per heavy atom. The Morgan fingerprint density at radius 3 is 2.56 bits per heavy atom. The van der Waals surface area contributed by atoms with Gasteiger partial charge in [-0.3, -0.25) is 14.3 Å². The molecule has 0 radical (unpaired) electrons. The minimum atomic E-state index is -0.735. The first kappa shape index (κ1) is 26.5. The van der Waals surface area contributed by atoms with E-state index in [1.807, 2.05) is 57.2 Å². The zero-order chi connectivity index (χ0) is 27.9. The minimum absolute atomic E-state index is 0.00682. The van der Waals surface area contributed by atoms with Crippen LogP contribution in [-0.4, -0.2) is 45.2 Å². The maximum absolute atomic E-state index is 13.3. The molecule has 4 atom stereocenters. The van der Waals surface area contributed by atoms with Crippen molar-refractivity contribution < 1.29 is 18.7 Å². The van der Waals surface area contributed by atoms with Crippen LogP contribution in [0.3, 0.4) is 0 Å². The van der Waals surface area contributed by atoms with Gasteiger partial charge in [-0.2, -0.15) is 5.26 Å². The minimum Gasteiger partial charge on any atom is -0.444 e. The van der Waals surface area contributed by atoms with Gasteiger partial charge < -0.3 is 14.5 Å². The highest BCUT2D eigenvalue weighted by Crippen LogP contribution is 2.42. The van der Waals surface area contributed by atoms with Gasteiger partial charge in [0.2, 0.25) is 5.91 Å². The predicted molar refractivity (Wildman–Crippen MR) is 146 cm³/mol. The Balaban J connectivity index is 1.27. The van der Waals surface area contributed by atoms with Crippen molar-refractivity contribution in [2.24, 2.45) is 13.0 Å². The van der Waals surface area contributed by atoms with E-state index in [9.17, 15) is 19.6 Å². The Bertz CT molecular complexity index is 1490. The third-order valence-corrected chi connectivity index (χ3v) is 7.74. The van der Waals surface area contributed by atoms with Crippen molar-refractivity contribution in [3.05, 3.63) is 58.6 Å². The van der Waals surface area contributed by atoms with Crippen LogP contribution in [0, 0.1) is 17.2 Å². The Kier molecular flexibility index (Phi) is 6.98. The molecule has 1 saturated heterocycles. The van der Waals surface area contributed by atoms with Gasteiger partial charge in [0.25, 0.3) is 0 Å². The van der Waals surface area contributed by atoms with E-state index in [-0.39, 0.29) is 17.9 Å². The number of likely N-dealkylation sites (tertiary alicyclic amines) is 1. The predicted octanol–water partition coefficient (Wildman–Crippen LogP) is 4.53. The van der Waals surface area contributed by atoms with Gasteiger partial charge in [-0.05, 0) is 74.8 Å². The number of rotatable bonds is 5. The molecule has 1 aromatic heterocycles. The lowest BCUT2D eigenvalue weighted by Crippen LogP contribution is -2.52. The molecule has 1 N–H and O–H groups in total. The monoisotopic (exact) mass is 530 g/mol. The van der Waals surface area contributed by atoms with E-state index in [4.69, 9.17) is 9.15 Å². The van der Waals surface area contributed by atoms with Gasteiger partial charge in [0.15, 0.2) is 5.58 Å². The molecule has 3 aromatic rings. The van der Waals surface area contributed by atoms with Gasteiger partial charge in [-0.25, -0.2) is 9.59 Å². The fourth-order valence-corrected chi connectivity index (χ4v) is 5.87. The van der Waals surface area contributed by atoms with E-state index < -0.39 is 29.5 Å². The molecule has 0 spiro atoms. The molecule has 1 aliphatic carbocycles. The van der Waals surface area contributed by atoms with Crippen molar-refractivity contribution in [2.45, 2.75) is 76.6 Å². The van der Waals surface area contributed by atoms with Gasteiger partial charge in [0.05, 0.1) is 11.6 Å². The number of nitrogens with one attached hydrogen (secondary N) is 1. The topological polar surface area (TPSA) is 118 Å². The molecular weight excluding hydrogens is 496 g/mol. The van der Waals surface area contributed by atoms with E-state index in [2.05, 4.69) is 11.4 Å². The van der Waals surface area contributed by atoms with E-state index in [1.165, 1.54) is 4.57 Å². The average molecular weight is 531 g/mol. The molecule has 204 valence electrons. The first-order valence-electron chi connectivity index (χ1n) is 13.4. The van der Waals surface area contributed by atoms with Gasteiger partial charge in [0.1, 0.15) is 17.7 Å². The number of hydrogen-bond donors (Lipinski definition) is 1. The van der Waals surface area contributed by atoms with Crippen molar-refractivity contribution in [1.29, 1.82) is 5.26 Å². The largest absolute Gasteiger partial charge is 0.444 e. The van der Waals surface area contributed by atoms with Crippen LogP contribution in [0.15, 0.2) is 51.7 Å². The van der Waals surface area contributed by atoms with E-state index in [0.29, 0.717) is 23.9 Å². The summed E-state index contributed by atoms with van der Waals surface area (Å²) in [6.07, 6.45) is 3.36. The molecule has 2 aliphatic rings. The lowest BCUT2D eigenvalue weighted by atomic mass is 10.00. The third kappa shape index (κ3) is 5.42. The highest BCUT2D eigenvalue weighted by atomic mass is 16.6. The lowest BCUT2D eigenvalue weighted by Gasteiger charge is -2.32. The van der Waals surface area contributed by atoms with Crippen LogP contribution < -0.4 is 11.1 Å². The number of carbonyl (C=O) groups excluding carboxylic acids is 2. The molecule has 0 unspecified atom stereocenters. The number of nitriles is 1. The summed E-state index contributed by atoms with van der Waals surface area (Å²) in [5, 5.41) is 12.7. The fourth-order valence-electron chi connectivity index (χ4n) is 5.87. The number of aryl methyl sites for hydroxylation is 1. The second-order valence-electron chi connectivity index (χ2n) is 11.6. The molecule has 0 bridgehead atoms. The van der Waals surface area contributed by atoms with Crippen molar-refractivity contribution >= 4 is 23.1 Å². The summed E-state index contributed by atoms with van der Waals surface area (Å²) in [5.41, 5.74) is 3.38. The fraction of sp³-hybridized carbons (Fsp3) is 0.467. The maximum Gasteiger partial charge on any atom is 0.419 e. The normalized spacial score (nSPS) is 21.4. The highest BCUT2D eigenvalue weighted by molar-refractivity contribution is 5.87. The summed E-state index contributed by atoms with van der Waals surface area (Å²) < 4.78 is 12.3. The van der Waals surface area contributed by atoms with Crippen molar-refractivity contribution in [2.75, 3.05) is 0 Å². The van der Waals surface area contributed by atoms with Gasteiger partial charge in [-0.15, -0.1) is 0 Å². The SMILES string of the molecule is Cn1c(=O)oc2ccc(-c3ccc(C[C@@H](C#N)NC(=O)[C@@H]4C[C@@H]5CCC[C@@H]5N4C(=O)OC(C)(C)C)cc3)cc21. The van der Waals surface area contributed by atoms with Crippen LogP contribution >= 0.6 is 0 Å². The third-order valence-electron chi connectivity index (χ3n) is 7.74. The number of carbonyl (C=O) groups is 2. The number of ether oxygens (including phenoxy) is 1. The molecule has 39 heavy (non-hydrogen) atoms. The Labute approximate surface area is 227 Å². The van der Waals surface area contributed by atoms with E-state index in [0.717, 1.165) is 36.0 Å². The Hall–Kier alpha value is -4.06. The molecule has 2 amide bonds. The molecule has 2 heterocycles. The number of aromatic nitrogens is 1. The van der Waals surface area contributed by atoms with Crippen molar-refractivity contribution in [1.82, 2.24) is 14.8 Å². The number of oxazole rings is 1. The maximum atomic E-state index is 13.3. The smallest absolute Gasteiger partial charge is 0.419 e. The zero-order valence-electron chi connectivity index (χ0n) is 22.8. The van der Waals surface area contributed by atoms with Crippen LogP contribution in [0.2, 0.25) is 0 Å². The zero-order valence-corrected chi connectivity index (χ0v) is 22.8. The molecule has 1 saturated carbocycles. The number of hydrogen-bond acceptors (Lipinski definition) is 6. The molecule has 9 nitrogen and oxygen atoms in total. The lowest BCUT2D eigenvalue weighted by molar-refractivity contribution is -0.126. The standard InChI is InChI=1S/C30H34N4O5/c1-30(2,3)39-29(37)34-23-7-5-6-21(23)16-25(34)27(35)32-22(17-31)14-18-8-10-19(11-9-18)20-12-13-26-24(15-20)33(4)28(36)38-26/h8-13,15,21-23,25H,5-7,14,16H2,1-4H3,(H,32,35)/t21-,22-,23-,25-/m0/s1. The highest BCUT2D eigenvalue weighted by Gasteiger charge is 2.50. The molecule has 9 heteroatoms. The van der Waals surface area contributed by atoms with Crippen LogP contribution in [0.1, 0.15) is 52.0 Å². The summed E-state index contributed by atoms with van der Waals surface area (Å²) in [5.74, 6) is -0.431. The van der Waals surface area contributed by atoms with Gasteiger partial charge in [-0.1, -0.05) is 36.8 Å². The molecular formula is C30H34N4O5. The number of nitrogens with zero attached hydrogens (tertiary/aromatic N) is 3. The molecule has 1 aliphatic heterocycles. The molecule has 2 fully saturated rings. The Morgan fingerprint density at radius 1 is 1.15 bits per heavy atom. The van der Waals surface area contributed by atoms with Crippen LogP contribution in [0.5, 0.6) is 0 Å². The summed E-state index contributed by atoms with van der Waals surface area (Å²) in [6, 6.07) is 14.2. The van der Waals surface area contributed by atoms with E-state index >= 15 is 0 Å². The second kappa shape index (κ2) is 10.3. The van der Waals surface area contributed by atoms with Crippen LogP contribution in [0.4, 0.5) is 4.79 Å². The van der Waals surface area contributed by atoms with Crippen molar-refractivity contribution in [3.8, 4) is 17.2 Å². The van der Waals surface area contributed by atoms with Crippen molar-refractivity contribution in [3.63, 3.8) is 0 Å². The summed E-state index contributed by atoms with van der Waals surface area (Å²) in [7, 11) is 1.67. The molecule has 5 rings (SSSR count). The quantitative estimate of drug-likeness (QED) is 0.518. The van der Waals surface area contributed by atoms with Crippen LogP contribution in [-0.2, 0) is 23.0 Å². The molecule has 2 aromatic carbocycles. The second-order valence-corrected chi connectivity index (χ2v) is 11.6. The average Bonchev–Trinajstić information content (AvgIpc) is 3.56. The number of fused-ring (bicyclic) bond motifs is 2. The first-order chi connectivity index (χ1) is 18.5. The summed E-state index contributed by atoms with van der Waals surface area (Å²) in [4.78, 5) is 39.8. The van der Waals surface area contributed by atoms with E-state index in [1.54, 1.807) is 18.0 Å². The van der Waals surface area contributed by atoms with Gasteiger partial charge in [0, 0.05) is 19.5 Å². The van der Waals surface area contributed by atoms with Gasteiger partial charge >= 0.3 is 11.8 Å². The number of benzene rings is 2.